The van der Waals surface area contributed by atoms with E-state index in [4.69, 9.17) is 11.6 Å². The van der Waals surface area contributed by atoms with Crippen LogP contribution in [0.2, 0.25) is 5.02 Å². The number of anilines is 1. The van der Waals surface area contributed by atoms with E-state index in [0.29, 0.717) is 10.7 Å². The largest absolute Gasteiger partial charge is 0.462 e. The third kappa shape index (κ3) is 3.35. The van der Waals surface area contributed by atoms with Gasteiger partial charge in [0.1, 0.15) is 0 Å². The summed E-state index contributed by atoms with van der Waals surface area (Å²) in [7, 11) is 0. The smallest absolute Gasteiger partial charge is 0.358 e. The molecule has 0 atom stereocenters. The number of aromatic nitrogens is 2. The number of rotatable bonds is 5. The molecule has 0 aliphatic heterocycles. The molecular weight excluding hydrogens is 318 g/mol. The Morgan fingerprint density at radius 3 is 2.41 bits per heavy atom. The Labute approximate surface area is 127 Å². The van der Waals surface area contributed by atoms with Gasteiger partial charge < -0.3 is 25.5 Å². The SMILES string of the molecule is O=C(Cn1cnc([N+](=O)[O-])c1[N+](=O)[O-])Nc1ccc(Cl)cc1. The monoisotopic (exact) mass is 325 g/mol. The zero-order chi connectivity index (χ0) is 16.3. The molecule has 0 bridgehead atoms. The van der Waals surface area contributed by atoms with E-state index in [1.54, 1.807) is 24.3 Å². The molecule has 1 heterocycles. The molecule has 0 aliphatic carbocycles. The van der Waals surface area contributed by atoms with Crippen LogP contribution in [0, 0.1) is 20.2 Å². The van der Waals surface area contributed by atoms with Gasteiger partial charge in [0, 0.05) is 15.7 Å². The topological polar surface area (TPSA) is 133 Å². The van der Waals surface area contributed by atoms with Crippen molar-refractivity contribution in [2.75, 3.05) is 5.32 Å². The number of nitro groups is 2. The van der Waals surface area contributed by atoms with Gasteiger partial charge in [0.15, 0.2) is 6.54 Å². The number of hydrogen-bond donors (Lipinski definition) is 1. The normalized spacial score (nSPS) is 10.2. The van der Waals surface area contributed by atoms with E-state index in [1.807, 2.05) is 0 Å². The van der Waals surface area contributed by atoms with Crippen LogP contribution >= 0.6 is 11.6 Å². The highest BCUT2D eigenvalue weighted by Gasteiger charge is 2.33. The summed E-state index contributed by atoms with van der Waals surface area (Å²) >= 11 is 5.70. The lowest BCUT2D eigenvalue weighted by Gasteiger charge is -2.04. The molecule has 0 spiro atoms. The van der Waals surface area contributed by atoms with Gasteiger partial charge in [-0.3, -0.25) is 4.79 Å². The van der Waals surface area contributed by atoms with Crippen molar-refractivity contribution in [3.05, 3.63) is 55.8 Å². The zero-order valence-electron chi connectivity index (χ0n) is 10.8. The van der Waals surface area contributed by atoms with E-state index in [9.17, 15) is 25.0 Å². The first-order valence-electron chi connectivity index (χ1n) is 5.78. The van der Waals surface area contributed by atoms with Gasteiger partial charge in [-0.15, -0.1) is 0 Å². The molecule has 10 nitrogen and oxygen atoms in total. The fraction of sp³-hybridized carbons (Fsp3) is 0.0909. The highest BCUT2D eigenvalue weighted by atomic mass is 35.5. The summed E-state index contributed by atoms with van der Waals surface area (Å²) in [5.41, 5.74) is 0.437. The van der Waals surface area contributed by atoms with E-state index in [0.717, 1.165) is 10.9 Å². The van der Waals surface area contributed by atoms with Crippen LogP contribution in [0.5, 0.6) is 0 Å². The number of imidazole rings is 1. The summed E-state index contributed by atoms with van der Waals surface area (Å²) < 4.78 is 0.795. The molecule has 0 aliphatic rings. The van der Waals surface area contributed by atoms with E-state index in [1.165, 1.54) is 0 Å². The number of hydrogen-bond acceptors (Lipinski definition) is 6. The van der Waals surface area contributed by atoms with Crippen molar-refractivity contribution in [1.29, 1.82) is 0 Å². The van der Waals surface area contributed by atoms with Crippen molar-refractivity contribution in [1.82, 2.24) is 9.55 Å². The van der Waals surface area contributed by atoms with Crippen molar-refractivity contribution < 1.29 is 14.6 Å². The highest BCUT2D eigenvalue weighted by molar-refractivity contribution is 6.30. The highest BCUT2D eigenvalue weighted by Crippen LogP contribution is 2.24. The Morgan fingerprint density at radius 2 is 1.86 bits per heavy atom. The Bertz CT molecular complexity index is 742. The lowest BCUT2D eigenvalue weighted by atomic mass is 10.3. The van der Waals surface area contributed by atoms with Crippen LogP contribution in [0.4, 0.5) is 17.3 Å². The summed E-state index contributed by atoms with van der Waals surface area (Å²) in [5, 5.41) is 24.5. The molecular formula is C11H8ClN5O5. The molecule has 114 valence electrons. The van der Waals surface area contributed by atoms with Crippen LogP contribution in [0.15, 0.2) is 30.6 Å². The van der Waals surface area contributed by atoms with E-state index in [-0.39, 0.29) is 0 Å². The molecule has 1 aromatic carbocycles. The van der Waals surface area contributed by atoms with Crippen LogP contribution in [-0.2, 0) is 11.3 Å². The van der Waals surface area contributed by atoms with E-state index in [2.05, 4.69) is 10.3 Å². The first kappa shape index (κ1) is 15.4. The number of benzene rings is 1. The zero-order valence-corrected chi connectivity index (χ0v) is 11.6. The molecule has 0 radical (unpaired) electrons. The van der Waals surface area contributed by atoms with E-state index < -0.39 is 33.9 Å². The number of carbonyl (C=O) groups excluding carboxylic acids is 1. The molecule has 0 saturated heterocycles. The fourth-order valence-corrected chi connectivity index (χ4v) is 1.81. The summed E-state index contributed by atoms with van der Waals surface area (Å²) in [4.78, 5) is 34.8. The second-order valence-corrected chi connectivity index (χ2v) is 4.53. The molecule has 11 heteroatoms. The number of halogens is 1. The molecule has 22 heavy (non-hydrogen) atoms. The Kier molecular flexibility index (Phi) is 4.32. The average Bonchev–Trinajstić information content (AvgIpc) is 2.85. The lowest BCUT2D eigenvalue weighted by molar-refractivity contribution is -0.428. The minimum atomic E-state index is -0.980. The van der Waals surface area contributed by atoms with Gasteiger partial charge in [-0.1, -0.05) is 11.6 Å². The Morgan fingerprint density at radius 1 is 1.23 bits per heavy atom. The van der Waals surface area contributed by atoms with Crippen molar-refractivity contribution in [3.8, 4) is 0 Å². The molecule has 1 aromatic heterocycles. The van der Waals surface area contributed by atoms with Crippen molar-refractivity contribution >= 4 is 34.8 Å². The van der Waals surface area contributed by atoms with Crippen molar-refractivity contribution in [2.45, 2.75) is 6.54 Å². The summed E-state index contributed by atoms with van der Waals surface area (Å²) in [6.07, 6.45) is 0.873. The molecule has 1 amide bonds. The van der Waals surface area contributed by atoms with Gasteiger partial charge in [-0.2, -0.15) is 4.57 Å². The molecule has 2 rings (SSSR count). The van der Waals surface area contributed by atoms with Gasteiger partial charge in [0.2, 0.25) is 0 Å². The third-order valence-corrected chi connectivity index (χ3v) is 2.83. The standard InChI is InChI=1S/C11H8ClN5O5/c12-7-1-3-8(4-2-7)14-9(18)5-15-6-13-10(16(19)20)11(15)17(21)22/h1-4,6H,5H2,(H,14,18). The van der Waals surface area contributed by atoms with Crippen LogP contribution in [0.25, 0.3) is 0 Å². The number of carbonyl (C=O) groups is 1. The summed E-state index contributed by atoms with van der Waals surface area (Å²) in [6.45, 7) is -0.486. The van der Waals surface area contributed by atoms with Gasteiger partial charge in [-0.25, -0.2) is 0 Å². The van der Waals surface area contributed by atoms with Gasteiger partial charge in [0.05, 0.1) is 0 Å². The summed E-state index contributed by atoms with van der Waals surface area (Å²) in [6, 6.07) is 6.21. The summed E-state index contributed by atoms with van der Waals surface area (Å²) in [5.74, 6) is -2.36. The number of nitrogens with zero attached hydrogens (tertiary/aromatic N) is 4. The van der Waals surface area contributed by atoms with Crippen LogP contribution in [-0.4, -0.2) is 25.3 Å². The second kappa shape index (κ2) is 6.18. The molecule has 2 aromatic rings. The lowest BCUT2D eigenvalue weighted by Crippen LogP contribution is -2.19. The third-order valence-electron chi connectivity index (χ3n) is 2.58. The maximum atomic E-state index is 11.8. The van der Waals surface area contributed by atoms with Crippen molar-refractivity contribution in [2.24, 2.45) is 0 Å². The number of amides is 1. The molecule has 1 N–H and O–H groups in total. The molecule has 0 fully saturated rings. The predicted octanol–water partition coefficient (Wildman–Crippen LogP) is 1.99. The predicted molar refractivity (Wildman–Crippen MR) is 75.6 cm³/mol. The van der Waals surface area contributed by atoms with E-state index >= 15 is 0 Å². The maximum Gasteiger partial charge on any atom is 0.462 e. The van der Waals surface area contributed by atoms with Crippen molar-refractivity contribution in [3.63, 3.8) is 0 Å². The molecule has 0 unspecified atom stereocenters. The first-order chi connectivity index (χ1) is 10.4. The van der Waals surface area contributed by atoms with Gasteiger partial charge >= 0.3 is 11.6 Å². The minimum absolute atomic E-state index is 0.437. The van der Waals surface area contributed by atoms with Crippen LogP contribution in [0.3, 0.4) is 0 Å². The van der Waals surface area contributed by atoms with Gasteiger partial charge in [0.25, 0.3) is 12.2 Å². The molecule has 0 saturated carbocycles. The first-order valence-corrected chi connectivity index (χ1v) is 6.15. The minimum Gasteiger partial charge on any atom is -0.358 e. The van der Waals surface area contributed by atoms with Gasteiger partial charge in [-0.05, 0) is 34.1 Å². The van der Waals surface area contributed by atoms with Crippen LogP contribution in [0.1, 0.15) is 0 Å². The average molecular weight is 326 g/mol. The quantitative estimate of drug-likeness (QED) is 0.660. The Hall–Kier alpha value is -3.01. The maximum absolute atomic E-state index is 11.8. The second-order valence-electron chi connectivity index (χ2n) is 4.09. The fourth-order valence-electron chi connectivity index (χ4n) is 1.68. The number of nitrogens with one attached hydrogen (secondary N) is 1. The Balaban J connectivity index is 2.16. The van der Waals surface area contributed by atoms with Crippen LogP contribution < -0.4 is 5.32 Å².